The number of nitrogens with zero attached hydrogens (tertiary/aromatic N) is 2. The molecule has 8 nitrogen and oxygen atoms in total. The lowest BCUT2D eigenvalue weighted by Crippen LogP contribution is -2.54. The summed E-state index contributed by atoms with van der Waals surface area (Å²) in [6, 6.07) is 11.3. The lowest BCUT2D eigenvalue weighted by molar-refractivity contribution is -0.255. The molecule has 8 heteroatoms. The first-order valence-electron chi connectivity index (χ1n) is 8.28. The SMILES string of the molecule is CN(C)c1ccc(/C=C2\C(=O)NC(=O)N(c3ccc(C(=O)[O-])cc3)C2=O)cc1. The molecular weight excluding hydrogens is 362 g/mol. The summed E-state index contributed by atoms with van der Waals surface area (Å²) in [5.74, 6) is -2.97. The van der Waals surface area contributed by atoms with Gasteiger partial charge < -0.3 is 14.8 Å². The van der Waals surface area contributed by atoms with E-state index in [1.807, 2.05) is 31.1 Å². The fourth-order valence-corrected chi connectivity index (χ4v) is 2.67. The van der Waals surface area contributed by atoms with Crippen molar-refractivity contribution in [2.75, 3.05) is 23.9 Å². The van der Waals surface area contributed by atoms with Crippen LogP contribution in [0.1, 0.15) is 15.9 Å². The van der Waals surface area contributed by atoms with E-state index < -0.39 is 23.8 Å². The number of nitrogens with one attached hydrogen (secondary N) is 1. The van der Waals surface area contributed by atoms with E-state index in [0.29, 0.717) is 5.56 Å². The Balaban J connectivity index is 1.94. The minimum atomic E-state index is -1.38. The number of carbonyl (C=O) groups excluding carboxylic acids is 4. The Bertz CT molecular complexity index is 992. The minimum Gasteiger partial charge on any atom is -0.545 e. The molecule has 0 aromatic heterocycles. The van der Waals surface area contributed by atoms with Gasteiger partial charge in [-0.2, -0.15) is 0 Å². The Morgan fingerprint density at radius 2 is 1.61 bits per heavy atom. The fourth-order valence-electron chi connectivity index (χ4n) is 2.67. The van der Waals surface area contributed by atoms with E-state index in [4.69, 9.17) is 0 Å². The second-order valence-corrected chi connectivity index (χ2v) is 6.28. The van der Waals surface area contributed by atoms with Crippen LogP contribution in [0.2, 0.25) is 0 Å². The lowest BCUT2D eigenvalue weighted by atomic mass is 10.1. The molecule has 1 fully saturated rings. The molecule has 2 aromatic rings. The van der Waals surface area contributed by atoms with Gasteiger partial charge in [0.1, 0.15) is 5.57 Å². The Kier molecular flexibility index (Phi) is 4.95. The van der Waals surface area contributed by atoms with Crippen molar-refractivity contribution in [1.82, 2.24) is 5.32 Å². The maximum Gasteiger partial charge on any atom is 0.335 e. The number of aromatic carboxylic acids is 1. The highest BCUT2D eigenvalue weighted by atomic mass is 16.4. The molecule has 1 aliphatic rings. The van der Waals surface area contributed by atoms with Gasteiger partial charge in [-0.25, -0.2) is 9.69 Å². The highest BCUT2D eigenvalue weighted by Gasteiger charge is 2.36. The van der Waals surface area contributed by atoms with Gasteiger partial charge in [-0.3, -0.25) is 14.9 Å². The van der Waals surface area contributed by atoms with Gasteiger partial charge in [-0.1, -0.05) is 24.3 Å². The van der Waals surface area contributed by atoms with Gasteiger partial charge in [-0.05, 0) is 41.5 Å². The van der Waals surface area contributed by atoms with Crippen LogP contribution < -0.4 is 20.2 Å². The van der Waals surface area contributed by atoms with Crippen molar-refractivity contribution in [1.29, 1.82) is 0 Å². The van der Waals surface area contributed by atoms with Gasteiger partial charge in [0.15, 0.2) is 0 Å². The van der Waals surface area contributed by atoms with Crippen molar-refractivity contribution in [3.05, 3.63) is 65.2 Å². The van der Waals surface area contributed by atoms with Crippen molar-refractivity contribution in [2.45, 2.75) is 0 Å². The Morgan fingerprint density at radius 3 is 2.14 bits per heavy atom. The van der Waals surface area contributed by atoms with Gasteiger partial charge in [0.25, 0.3) is 11.8 Å². The van der Waals surface area contributed by atoms with E-state index in [1.54, 1.807) is 12.1 Å². The number of carbonyl (C=O) groups is 4. The smallest absolute Gasteiger partial charge is 0.335 e. The van der Waals surface area contributed by atoms with Crippen LogP contribution in [0.5, 0.6) is 0 Å². The zero-order valence-electron chi connectivity index (χ0n) is 15.1. The second kappa shape index (κ2) is 7.36. The molecule has 0 atom stereocenters. The molecule has 2 aromatic carbocycles. The molecule has 0 radical (unpaired) electrons. The number of amides is 4. The molecule has 1 heterocycles. The predicted molar refractivity (Wildman–Crippen MR) is 101 cm³/mol. The number of hydrogen-bond acceptors (Lipinski definition) is 6. The molecule has 0 unspecified atom stereocenters. The first kappa shape index (κ1) is 18.8. The topological polar surface area (TPSA) is 110 Å². The summed E-state index contributed by atoms with van der Waals surface area (Å²) in [5.41, 5.74) is 1.40. The fraction of sp³-hybridized carbons (Fsp3) is 0.100. The summed E-state index contributed by atoms with van der Waals surface area (Å²) in [5, 5.41) is 13.0. The average Bonchev–Trinajstić information content (AvgIpc) is 2.65. The van der Waals surface area contributed by atoms with E-state index in [2.05, 4.69) is 5.32 Å². The predicted octanol–water partition coefficient (Wildman–Crippen LogP) is 0.782. The second-order valence-electron chi connectivity index (χ2n) is 6.28. The first-order valence-corrected chi connectivity index (χ1v) is 8.28. The summed E-state index contributed by atoms with van der Waals surface area (Å²) in [7, 11) is 3.78. The third kappa shape index (κ3) is 3.61. The molecule has 1 aliphatic heterocycles. The number of imide groups is 2. The van der Waals surface area contributed by atoms with Crippen molar-refractivity contribution < 1.29 is 24.3 Å². The van der Waals surface area contributed by atoms with Gasteiger partial charge >= 0.3 is 6.03 Å². The van der Waals surface area contributed by atoms with Crippen LogP contribution in [-0.2, 0) is 9.59 Å². The third-order valence-corrected chi connectivity index (χ3v) is 4.18. The zero-order chi connectivity index (χ0) is 20.4. The zero-order valence-corrected chi connectivity index (χ0v) is 15.1. The maximum absolute atomic E-state index is 12.8. The van der Waals surface area contributed by atoms with Gasteiger partial charge in [0, 0.05) is 19.8 Å². The van der Waals surface area contributed by atoms with Crippen LogP contribution >= 0.6 is 0 Å². The van der Waals surface area contributed by atoms with Crippen molar-refractivity contribution >= 4 is 41.3 Å². The molecule has 3 rings (SSSR count). The van der Waals surface area contributed by atoms with Crippen molar-refractivity contribution in [2.24, 2.45) is 0 Å². The molecule has 1 N–H and O–H groups in total. The van der Waals surface area contributed by atoms with E-state index in [-0.39, 0.29) is 16.8 Å². The Morgan fingerprint density at radius 1 is 1.00 bits per heavy atom. The van der Waals surface area contributed by atoms with Crippen molar-refractivity contribution in [3.63, 3.8) is 0 Å². The van der Waals surface area contributed by atoms with Crippen LogP contribution in [0.25, 0.3) is 6.08 Å². The molecule has 1 saturated heterocycles. The van der Waals surface area contributed by atoms with Crippen molar-refractivity contribution in [3.8, 4) is 0 Å². The maximum atomic E-state index is 12.8. The molecule has 0 saturated carbocycles. The summed E-state index contributed by atoms with van der Waals surface area (Å²) < 4.78 is 0. The van der Waals surface area contributed by atoms with E-state index in [9.17, 15) is 24.3 Å². The standard InChI is InChI=1S/C20H17N3O5/c1-22(2)14-7-3-12(4-8-14)11-16-17(24)21-20(28)23(18(16)25)15-9-5-13(6-10-15)19(26)27/h3-11H,1-2H3,(H,26,27)(H,21,24,28)/p-1/b16-11+. The van der Waals surface area contributed by atoms with Gasteiger partial charge in [-0.15, -0.1) is 0 Å². The summed E-state index contributed by atoms with van der Waals surface area (Å²) in [6.07, 6.45) is 1.39. The van der Waals surface area contributed by atoms with Crippen LogP contribution in [0.15, 0.2) is 54.1 Å². The summed E-state index contributed by atoms with van der Waals surface area (Å²) in [4.78, 5) is 50.7. The summed E-state index contributed by atoms with van der Waals surface area (Å²) in [6.45, 7) is 0. The molecule has 0 bridgehead atoms. The molecule has 0 spiro atoms. The molecular formula is C20H16N3O5-. The number of anilines is 2. The number of benzene rings is 2. The molecule has 142 valence electrons. The quantitative estimate of drug-likeness (QED) is 0.622. The number of carboxylic acids is 1. The largest absolute Gasteiger partial charge is 0.545 e. The number of urea groups is 1. The van der Waals surface area contributed by atoms with E-state index in [1.165, 1.54) is 30.3 Å². The van der Waals surface area contributed by atoms with Gasteiger partial charge in [0.2, 0.25) is 0 Å². The lowest BCUT2D eigenvalue weighted by Gasteiger charge is -2.26. The first-order chi connectivity index (χ1) is 13.3. The average molecular weight is 378 g/mol. The third-order valence-electron chi connectivity index (χ3n) is 4.18. The van der Waals surface area contributed by atoms with Crippen LogP contribution in [0, 0.1) is 0 Å². The van der Waals surface area contributed by atoms with E-state index >= 15 is 0 Å². The van der Waals surface area contributed by atoms with Crippen LogP contribution in [0.4, 0.5) is 16.2 Å². The number of carboxylic acid groups (broad SMARTS) is 1. The van der Waals surface area contributed by atoms with Crippen LogP contribution in [-0.4, -0.2) is 37.9 Å². The molecule has 4 amide bonds. The highest BCUT2D eigenvalue weighted by Crippen LogP contribution is 2.23. The number of barbiturate groups is 1. The highest BCUT2D eigenvalue weighted by molar-refractivity contribution is 6.39. The van der Waals surface area contributed by atoms with Crippen LogP contribution in [0.3, 0.4) is 0 Å². The van der Waals surface area contributed by atoms with E-state index in [0.717, 1.165) is 10.6 Å². The van der Waals surface area contributed by atoms with Gasteiger partial charge in [0.05, 0.1) is 11.7 Å². The number of rotatable bonds is 4. The minimum absolute atomic E-state index is 0.0959. The number of hydrogen-bond donors (Lipinski definition) is 1. The molecule has 0 aliphatic carbocycles. The normalized spacial score (nSPS) is 15.6. The molecule has 28 heavy (non-hydrogen) atoms. The monoisotopic (exact) mass is 378 g/mol. The Hall–Kier alpha value is -3.94. The Labute approximate surface area is 160 Å². The summed E-state index contributed by atoms with van der Waals surface area (Å²) >= 11 is 0.